The molecule has 1 aliphatic carbocycles. The lowest BCUT2D eigenvalue weighted by Crippen LogP contribution is -2.53. The van der Waals surface area contributed by atoms with Crippen LogP contribution in [0, 0.1) is 0 Å². The lowest BCUT2D eigenvalue weighted by atomic mass is 10.2. The fourth-order valence-electron chi connectivity index (χ4n) is 2.98. The molecule has 1 heterocycles. The van der Waals surface area contributed by atoms with Crippen LogP contribution in [0.15, 0.2) is 29.3 Å². The largest absolute Gasteiger partial charge is 0.497 e. The summed E-state index contributed by atoms with van der Waals surface area (Å²) in [5, 5.41) is 6.15. The third-order valence-electron chi connectivity index (χ3n) is 4.56. The highest BCUT2D eigenvalue weighted by Gasteiger charge is 2.24. The van der Waals surface area contributed by atoms with Gasteiger partial charge in [0.2, 0.25) is 5.91 Å². The van der Waals surface area contributed by atoms with Crippen molar-refractivity contribution in [3.8, 4) is 5.75 Å². The summed E-state index contributed by atoms with van der Waals surface area (Å²) >= 11 is 0. The Morgan fingerprint density at radius 2 is 2.00 bits per heavy atom. The molecule has 2 N–H and O–H groups in total. The number of ether oxygens (including phenoxy) is 1. The summed E-state index contributed by atoms with van der Waals surface area (Å²) < 4.78 is 5.30. The van der Waals surface area contributed by atoms with Crippen molar-refractivity contribution in [2.75, 3.05) is 51.8 Å². The number of methoxy groups -OCH3 is 1. The number of rotatable bonds is 5. The summed E-state index contributed by atoms with van der Waals surface area (Å²) in [6.45, 7) is 3.81. The third kappa shape index (κ3) is 5.65. The second kappa shape index (κ2) is 9.84. The van der Waals surface area contributed by atoms with Crippen LogP contribution in [-0.4, -0.2) is 69.7 Å². The third-order valence-corrected chi connectivity index (χ3v) is 4.56. The zero-order valence-electron chi connectivity index (χ0n) is 15.4. The molecule has 0 spiro atoms. The fourth-order valence-corrected chi connectivity index (χ4v) is 2.98. The summed E-state index contributed by atoms with van der Waals surface area (Å²) in [7, 11) is 3.45. The Bertz CT molecular complexity index is 628. The van der Waals surface area contributed by atoms with Crippen molar-refractivity contribution < 1.29 is 9.53 Å². The van der Waals surface area contributed by atoms with Gasteiger partial charge >= 0.3 is 0 Å². The van der Waals surface area contributed by atoms with Crippen LogP contribution in [0.2, 0.25) is 0 Å². The van der Waals surface area contributed by atoms with Gasteiger partial charge in [-0.05, 0) is 25.0 Å². The lowest BCUT2D eigenvalue weighted by molar-refractivity contribution is -0.120. The number of nitrogens with one attached hydrogen (secondary N) is 2. The SMILES string of the molecule is CN=C(NCC(=O)NC1CC1)N1CCN(c2cccc(OC)c2)CC1.I. The number of piperazine rings is 1. The van der Waals surface area contributed by atoms with E-state index in [-0.39, 0.29) is 36.4 Å². The van der Waals surface area contributed by atoms with Gasteiger partial charge in [0, 0.05) is 51.0 Å². The second-order valence-corrected chi connectivity index (χ2v) is 6.42. The van der Waals surface area contributed by atoms with Crippen LogP contribution in [0.1, 0.15) is 12.8 Å². The number of benzene rings is 1. The van der Waals surface area contributed by atoms with Gasteiger partial charge in [-0.15, -0.1) is 24.0 Å². The highest BCUT2D eigenvalue weighted by atomic mass is 127. The van der Waals surface area contributed by atoms with Gasteiger partial charge < -0.3 is 25.2 Å². The molecule has 0 radical (unpaired) electrons. The van der Waals surface area contributed by atoms with Crippen molar-refractivity contribution in [2.45, 2.75) is 18.9 Å². The van der Waals surface area contributed by atoms with Gasteiger partial charge in [0.15, 0.2) is 5.96 Å². The van der Waals surface area contributed by atoms with E-state index in [0.717, 1.165) is 50.7 Å². The van der Waals surface area contributed by atoms with Gasteiger partial charge in [-0.1, -0.05) is 6.07 Å². The van der Waals surface area contributed by atoms with Crippen molar-refractivity contribution in [1.29, 1.82) is 0 Å². The summed E-state index contributed by atoms with van der Waals surface area (Å²) in [5.41, 5.74) is 1.17. The van der Waals surface area contributed by atoms with Crippen LogP contribution >= 0.6 is 24.0 Å². The first-order chi connectivity index (χ1) is 12.2. The Morgan fingerprint density at radius 1 is 1.27 bits per heavy atom. The monoisotopic (exact) mass is 473 g/mol. The molecule has 1 saturated heterocycles. The highest BCUT2D eigenvalue weighted by molar-refractivity contribution is 14.0. The average Bonchev–Trinajstić information content (AvgIpc) is 3.46. The van der Waals surface area contributed by atoms with E-state index in [2.05, 4.69) is 37.6 Å². The topological polar surface area (TPSA) is 69.2 Å². The summed E-state index contributed by atoms with van der Waals surface area (Å²) in [4.78, 5) is 20.7. The number of anilines is 1. The Kier molecular flexibility index (Phi) is 7.80. The van der Waals surface area contributed by atoms with Crippen molar-refractivity contribution in [1.82, 2.24) is 15.5 Å². The van der Waals surface area contributed by atoms with Gasteiger partial charge in [-0.3, -0.25) is 9.79 Å². The van der Waals surface area contributed by atoms with E-state index < -0.39 is 0 Å². The predicted molar refractivity (Wildman–Crippen MR) is 115 cm³/mol. The molecule has 1 aliphatic heterocycles. The molecule has 0 unspecified atom stereocenters. The van der Waals surface area contributed by atoms with E-state index in [9.17, 15) is 4.79 Å². The van der Waals surface area contributed by atoms with Gasteiger partial charge in [-0.2, -0.15) is 0 Å². The van der Waals surface area contributed by atoms with Crippen LogP contribution in [0.3, 0.4) is 0 Å². The van der Waals surface area contributed by atoms with E-state index in [1.807, 2.05) is 12.1 Å². The number of aliphatic imine (C=N–C) groups is 1. The van der Waals surface area contributed by atoms with Crippen molar-refractivity contribution >= 4 is 41.5 Å². The first-order valence-corrected chi connectivity index (χ1v) is 8.83. The number of carbonyl (C=O) groups excluding carboxylic acids is 1. The molecule has 1 saturated carbocycles. The molecule has 0 atom stereocenters. The zero-order valence-corrected chi connectivity index (χ0v) is 17.7. The number of amides is 1. The van der Waals surface area contributed by atoms with E-state index in [1.54, 1.807) is 14.2 Å². The van der Waals surface area contributed by atoms with Crippen LogP contribution < -0.4 is 20.3 Å². The van der Waals surface area contributed by atoms with E-state index in [4.69, 9.17) is 4.74 Å². The molecular formula is C18H28IN5O2. The number of hydrogen-bond donors (Lipinski definition) is 2. The standard InChI is InChI=1S/C18H27N5O2.HI/c1-19-18(20-13-17(24)21-14-6-7-14)23-10-8-22(9-11-23)15-4-3-5-16(12-15)25-2;/h3-5,12,14H,6-11,13H2,1-2H3,(H,19,20)(H,21,24);1H. The van der Waals surface area contributed by atoms with E-state index in [0.29, 0.717) is 6.04 Å². The molecule has 3 rings (SSSR count). The number of guanidine groups is 1. The Morgan fingerprint density at radius 3 is 2.62 bits per heavy atom. The molecular weight excluding hydrogens is 445 g/mol. The van der Waals surface area contributed by atoms with E-state index >= 15 is 0 Å². The molecule has 26 heavy (non-hydrogen) atoms. The molecule has 1 amide bonds. The van der Waals surface area contributed by atoms with E-state index in [1.165, 1.54) is 5.69 Å². The number of halogens is 1. The molecule has 2 fully saturated rings. The molecule has 1 aromatic rings. The summed E-state index contributed by atoms with van der Waals surface area (Å²) in [5.74, 6) is 1.70. The van der Waals surface area contributed by atoms with Crippen LogP contribution in [-0.2, 0) is 4.79 Å². The van der Waals surface area contributed by atoms with Crippen LogP contribution in [0.5, 0.6) is 5.75 Å². The fraction of sp³-hybridized carbons (Fsp3) is 0.556. The first kappa shape index (κ1) is 20.6. The van der Waals surface area contributed by atoms with Crippen molar-refractivity contribution in [3.05, 3.63) is 24.3 Å². The minimum atomic E-state index is 0. The zero-order chi connectivity index (χ0) is 17.6. The Hall–Kier alpha value is -1.71. The molecule has 2 aliphatic rings. The molecule has 0 aromatic heterocycles. The lowest BCUT2D eigenvalue weighted by Gasteiger charge is -2.37. The maximum Gasteiger partial charge on any atom is 0.239 e. The van der Waals surface area contributed by atoms with Crippen molar-refractivity contribution in [2.24, 2.45) is 4.99 Å². The van der Waals surface area contributed by atoms with Crippen molar-refractivity contribution in [3.63, 3.8) is 0 Å². The highest BCUT2D eigenvalue weighted by Crippen LogP contribution is 2.22. The quantitative estimate of drug-likeness (QED) is 0.384. The molecule has 1 aromatic carbocycles. The summed E-state index contributed by atoms with van der Waals surface area (Å²) in [6, 6.07) is 8.53. The maximum absolute atomic E-state index is 11.8. The van der Waals surface area contributed by atoms with Gasteiger partial charge in [-0.25, -0.2) is 0 Å². The maximum atomic E-state index is 11.8. The first-order valence-electron chi connectivity index (χ1n) is 8.83. The van der Waals surface area contributed by atoms with Crippen LogP contribution in [0.25, 0.3) is 0 Å². The molecule has 7 nitrogen and oxygen atoms in total. The Balaban J connectivity index is 0.00000243. The van der Waals surface area contributed by atoms with Crippen LogP contribution in [0.4, 0.5) is 5.69 Å². The molecule has 8 heteroatoms. The smallest absolute Gasteiger partial charge is 0.239 e. The predicted octanol–water partition coefficient (Wildman–Crippen LogP) is 1.29. The second-order valence-electron chi connectivity index (χ2n) is 6.42. The number of carbonyl (C=O) groups is 1. The average molecular weight is 473 g/mol. The van der Waals surface area contributed by atoms with Gasteiger partial charge in [0.1, 0.15) is 5.75 Å². The number of hydrogen-bond acceptors (Lipinski definition) is 4. The van der Waals surface area contributed by atoms with Gasteiger partial charge in [0.25, 0.3) is 0 Å². The Labute approximate surface area is 172 Å². The molecule has 0 bridgehead atoms. The number of nitrogens with zero attached hydrogens (tertiary/aromatic N) is 3. The minimum absolute atomic E-state index is 0. The van der Waals surface area contributed by atoms with Gasteiger partial charge in [0.05, 0.1) is 13.7 Å². The normalized spacial score (nSPS) is 17.4. The summed E-state index contributed by atoms with van der Waals surface area (Å²) in [6.07, 6.45) is 2.21. The molecule has 144 valence electrons. The minimum Gasteiger partial charge on any atom is -0.497 e.